The van der Waals surface area contributed by atoms with E-state index in [0.29, 0.717) is 12.2 Å². The largest absolute Gasteiger partial charge is 0.374 e. The third-order valence-electron chi connectivity index (χ3n) is 2.83. The first-order chi connectivity index (χ1) is 10.1. The molecule has 0 spiro atoms. The standard InChI is InChI=1S/C16H22O5.Ti/c1-4-19-12-14(17)16(20-5-2,21-6-3)15(18)13-10-8-7-9-11-13;/h7-11H,4-6,12H2,1-3H3;. The van der Waals surface area contributed by atoms with Gasteiger partial charge in [0.2, 0.25) is 11.6 Å². The first kappa shape index (κ1) is 21.2. The van der Waals surface area contributed by atoms with Crippen LogP contribution in [0.3, 0.4) is 0 Å². The van der Waals surface area contributed by atoms with E-state index >= 15 is 0 Å². The fourth-order valence-electron chi connectivity index (χ4n) is 1.94. The number of carbonyl (C=O) groups is 2. The van der Waals surface area contributed by atoms with Gasteiger partial charge in [-0.15, -0.1) is 0 Å². The van der Waals surface area contributed by atoms with Gasteiger partial charge in [0.1, 0.15) is 6.61 Å². The van der Waals surface area contributed by atoms with Crippen molar-refractivity contribution in [3.05, 3.63) is 35.9 Å². The molecule has 1 aromatic rings. The molecule has 0 saturated heterocycles. The maximum absolute atomic E-state index is 12.7. The molecule has 0 aliphatic carbocycles. The van der Waals surface area contributed by atoms with Crippen molar-refractivity contribution in [3.63, 3.8) is 0 Å². The Kier molecular flexibility index (Phi) is 10.4. The van der Waals surface area contributed by atoms with Crippen LogP contribution in [0.2, 0.25) is 0 Å². The van der Waals surface area contributed by atoms with Crippen LogP contribution in [0.1, 0.15) is 31.1 Å². The van der Waals surface area contributed by atoms with E-state index in [1.54, 1.807) is 51.1 Å². The second kappa shape index (κ2) is 10.8. The van der Waals surface area contributed by atoms with E-state index in [9.17, 15) is 9.59 Å². The molecule has 22 heavy (non-hydrogen) atoms. The van der Waals surface area contributed by atoms with Crippen molar-refractivity contribution in [2.45, 2.75) is 26.6 Å². The van der Waals surface area contributed by atoms with Crippen LogP contribution in [0.4, 0.5) is 0 Å². The maximum Gasteiger partial charge on any atom is 0.297 e. The zero-order valence-corrected chi connectivity index (χ0v) is 14.8. The molecule has 1 aromatic carbocycles. The van der Waals surface area contributed by atoms with Gasteiger partial charge < -0.3 is 14.2 Å². The van der Waals surface area contributed by atoms with Crippen molar-refractivity contribution in [3.8, 4) is 0 Å². The van der Waals surface area contributed by atoms with Crippen LogP contribution in [0.15, 0.2) is 30.3 Å². The van der Waals surface area contributed by atoms with Crippen molar-refractivity contribution in [2.75, 3.05) is 26.4 Å². The number of carbonyl (C=O) groups excluding carboxylic acids is 2. The Morgan fingerprint density at radius 1 is 0.955 bits per heavy atom. The van der Waals surface area contributed by atoms with Gasteiger partial charge in [0.05, 0.1) is 0 Å². The molecule has 0 unspecified atom stereocenters. The molecule has 0 fully saturated rings. The van der Waals surface area contributed by atoms with Gasteiger partial charge in [0.25, 0.3) is 5.79 Å². The van der Waals surface area contributed by atoms with E-state index in [0.717, 1.165) is 0 Å². The molecule has 0 atom stereocenters. The SMILES string of the molecule is CCOCC(=O)C(OCC)(OCC)C(=O)c1ccccc1.[Ti]. The molecule has 0 saturated carbocycles. The van der Waals surface area contributed by atoms with E-state index in [1.165, 1.54) is 0 Å². The van der Waals surface area contributed by atoms with Gasteiger partial charge in [0, 0.05) is 47.1 Å². The van der Waals surface area contributed by atoms with Gasteiger partial charge in [-0.3, -0.25) is 9.59 Å². The van der Waals surface area contributed by atoms with E-state index in [-0.39, 0.29) is 41.5 Å². The van der Waals surface area contributed by atoms with Gasteiger partial charge >= 0.3 is 0 Å². The number of rotatable bonds is 10. The van der Waals surface area contributed by atoms with Crippen LogP contribution >= 0.6 is 0 Å². The van der Waals surface area contributed by atoms with Crippen LogP contribution in [0, 0.1) is 0 Å². The van der Waals surface area contributed by atoms with E-state index < -0.39 is 17.4 Å². The summed E-state index contributed by atoms with van der Waals surface area (Å²) in [6, 6.07) is 8.50. The van der Waals surface area contributed by atoms with Crippen LogP contribution in [-0.4, -0.2) is 43.8 Å². The summed E-state index contributed by atoms with van der Waals surface area (Å²) in [5.41, 5.74) is 0.365. The van der Waals surface area contributed by atoms with Gasteiger partial charge in [0.15, 0.2) is 0 Å². The number of benzene rings is 1. The molecular formula is C16H22O5Ti. The first-order valence-corrected chi connectivity index (χ1v) is 7.11. The Morgan fingerprint density at radius 3 is 1.95 bits per heavy atom. The third-order valence-corrected chi connectivity index (χ3v) is 2.83. The number of hydrogen-bond acceptors (Lipinski definition) is 5. The molecule has 120 valence electrons. The minimum atomic E-state index is -1.93. The quantitative estimate of drug-likeness (QED) is 0.282. The van der Waals surface area contributed by atoms with E-state index in [2.05, 4.69) is 0 Å². The molecule has 0 aliphatic heterocycles. The average Bonchev–Trinajstić information content (AvgIpc) is 2.52. The molecular weight excluding hydrogens is 320 g/mol. The zero-order valence-electron chi connectivity index (χ0n) is 13.3. The Bertz CT molecular complexity index is 455. The summed E-state index contributed by atoms with van der Waals surface area (Å²) in [5.74, 6) is -2.96. The van der Waals surface area contributed by atoms with Crippen molar-refractivity contribution in [2.24, 2.45) is 0 Å². The maximum atomic E-state index is 12.7. The Labute approximate surface area is 146 Å². The Morgan fingerprint density at radius 2 is 1.50 bits per heavy atom. The van der Waals surface area contributed by atoms with Crippen molar-refractivity contribution in [1.82, 2.24) is 0 Å². The van der Waals surface area contributed by atoms with Crippen molar-refractivity contribution < 1.29 is 45.5 Å². The summed E-state index contributed by atoms with van der Waals surface area (Å²) in [7, 11) is 0. The summed E-state index contributed by atoms with van der Waals surface area (Å²) in [5, 5.41) is 0. The fraction of sp³-hybridized carbons (Fsp3) is 0.500. The molecule has 6 heteroatoms. The van der Waals surface area contributed by atoms with Gasteiger partial charge in [-0.05, 0) is 20.8 Å². The van der Waals surface area contributed by atoms with E-state index in [4.69, 9.17) is 14.2 Å². The average molecular weight is 342 g/mol. The molecule has 5 nitrogen and oxygen atoms in total. The number of Topliss-reactive ketones (excluding diaryl/α,β-unsaturated/α-hetero) is 2. The zero-order chi connectivity index (χ0) is 15.7. The Balaban J connectivity index is 0.00000441. The fourth-order valence-corrected chi connectivity index (χ4v) is 1.94. The number of hydrogen-bond donors (Lipinski definition) is 0. The second-order valence-corrected chi connectivity index (χ2v) is 4.24. The molecule has 1 rings (SSSR count). The van der Waals surface area contributed by atoms with Gasteiger partial charge in [-0.2, -0.15) is 0 Å². The predicted octanol–water partition coefficient (Wildman–Crippen LogP) is 2.24. The smallest absolute Gasteiger partial charge is 0.297 e. The van der Waals surface area contributed by atoms with Crippen molar-refractivity contribution >= 4 is 11.6 Å². The predicted molar refractivity (Wildman–Crippen MR) is 78.3 cm³/mol. The summed E-state index contributed by atoms with van der Waals surface area (Å²) in [4.78, 5) is 25.1. The molecule has 0 radical (unpaired) electrons. The van der Waals surface area contributed by atoms with Crippen LogP contribution in [0.5, 0.6) is 0 Å². The molecule has 0 aromatic heterocycles. The molecule has 0 N–H and O–H groups in total. The number of ketones is 2. The second-order valence-electron chi connectivity index (χ2n) is 4.24. The molecule has 0 heterocycles. The van der Waals surface area contributed by atoms with Gasteiger partial charge in [-0.1, -0.05) is 30.3 Å². The normalized spacial score (nSPS) is 10.9. The summed E-state index contributed by atoms with van der Waals surface area (Å²) >= 11 is 0. The van der Waals surface area contributed by atoms with Crippen LogP contribution in [0.25, 0.3) is 0 Å². The number of ether oxygens (including phenoxy) is 3. The topological polar surface area (TPSA) is 61.8 Å². The van der Waals surface area contributed by atoms with Crippen LogP contribution in [-0.2, 0) is 40.7 Å². The molecule has 0 amide bonds. The summed E-state index contributed by atoms with van der Waals surface area (Å²) in [6.07, 6.45) is 0. The molecule has 0 aliphatic rings. The monoisotopic (exact) mass is 342 g/mol. The Hall–Kier alpha value is -0.846. The first-order valence-electron chi connectivity index (χ1n) is 7.11. The van der Waals surface area contributed by atoms with Crippen LogP contribution < -0.4 is 0 Å². The summed E-state index contributed by atoms with van der Waals surface area (Å²) in [6.45, 7) is 5.69. The van der Waals surface area contributed by atoms with E-state index in [1.807, 2.05) is 0 Å². The third kappa shape index (κ3) is 5.11. The van der Waals surface area contributed by atoms with Crippen molar-refractivity contribution in [1.29, 1.82) is 0 Å². The minimum Gasteiger partial charge on any atom is -0.374 e. The summed E-state index contributed by atoms with van der Waals surface area (Å²) < 4.78 is 16.0. The minimum absolute atomic E-state index is 0. The van der Waals surface area contributed by atoms with Gasteiger partial charge in [-0.25, -0.2) is 0 Å². The molecule has 0 bridgehead atoms.